The molecule has 1 heterocycles. The van der Waals surface area contributed by atoms with Crippen LogP contribution in [0.4, 0.5) is 0 Å². The Hall–Kier alpha value is -1.70. The van der Waals surface area contributed by atoms with E-state index in [-0.39, 0.29) is 17.0 Å². The number of thiophene rings is 1. The normalized spacial score (nSPS) is 11.5. The van der Waals surface area contributed by atoms with E-state index < -0.39 is 16.0 Å². The van der Waals surface area contributed by atoms with Crippen LogP contribution in [-0.2, 0) is 23.0 Å². The molecule has 0 radical (unpaired) electrons. The van der Waals surface area contributed by atoms with Crippen molar-refractivity contribution in [1.82, 2.24) is 4.72 Å². The number of hydrogen-bond acceptors (Lipinski definition) is 4. The number of benzene rings is 1. The van der Waals surface area contributed by atoms with E-state index in [4.69, 9.17) is 5.11 Å². The lowest BCUT2D eigenvalue weighted by atomic mass is 10.1. The number of rotatable bonds is 6. The van der Waals surface area contributed by atoms with Crippen molar-refractivity contribution in [3.63, 3.8) is 0 Å². The SMILES string of the molecule is CCc1ccc(S(=O)(=O)NCc2ccsc2)cc1C(=O)O. The zero-order valence-electron chi connectivity index (χ0n) is 11.4. The minimum Gasteiger partial charge on any atom is -0.478 e. The number of aromatic carboxylic acids is 1. The van der Waals surface area contributed by atoms with Gasteiger partial charge >= 0.3 is 5.97 Å². The van der Waals surface area contributed by atoms with E-state index in [1.54, 1.807) is 6.07 Å². The highest BCUT2D eigenvalue weighted by atomic mass is 32.2. The van der Waals surface area contributed by atoms with Gasteiger partial charge < -0.3 is 5.11 Å². The summed E-state index contributed by atoms with van der Waals surface area (Å²) >= 11 is 1.48. The van der Waals surface area contributed by atoms with Gasteiger partial charge in [0.25, 0.3) is 0 Å². The molecule has 7 heteroatoms. The fourth-order valence-electron chi connectivity index (χ4n) is 1.89. The Morgan fingerprint density at radius 2 is 2.10 bits per heavy atom. The third kappa shape index (κ3) is 3.69. The number of aryl methyl sites for hydroxylation is 1. The first-order valence-electron chi connectivity index (χ1n) is 6.31. The van der Waals surface area contributed by atoms with Crippen LogP contribution in [0, 0.1) is 0 Å². The van der Waals surface area contributed by atoms with Crippen LogP contribution in [0.5, 0.6) is 0 Å². The summed E-state index contributed by atoms with van der Waals surface area (Å²) in [6, 6.07) is 6.01. The molecule has 0 aliphatic heterocycles. The average molecular weight is 325 g/mol. The second-order valence-electron chi connectivity index (χ2n) is 4.43. The molecule has 1 aromatic heterocycles. The van der Waals surface area contributed by atoms with E-state index in [9.17, 15) is 13.2 Å². The summed E-state index contributed by atoms with van der Waals surface area (Å²) in [6.45, 7) is 2.01. The molecular formula is C14H15NO4S2. The van der Waals surface area contributed by atoms with Gasteiger partial charge in [0.15, 0.2) is 0 Å². The Morgan fingerprint density at radius 1 is 1.33 bits per heavy atom. The molecule has 0 atom stereocenters. The molecule has 112 valence electrons. The molecule has 1 aromatic carbocycles. The highest BCUT2D eigenvalue weighted by Crippen LogP contribution is 2.17. The van der Waals surface area contributed by atoms with Crippen molar-refractivity contribution in [3.8, 4) is 0 Å². The topological polar surface area (TPSA) is 83.5 Å². The summed E-state index contributed by atoms with van der Waals surface area (Å²) in [5, 5.41) is 12.9. The molecule has 0 amide bonds. The molecule has 0 saturated carbocycles. The Kier molecular flexibility index (Phi) is 4.76. The molecule has 0 saturated heterocycles. The lowest BCUT2D eigenvalue weighted by Crippen LogP contribution is -2.23. The number of sulfonamides is 1. The minimum atomic E-state index is -3.73. The van der Waals surface area contributed by atoms with E-state index in [2.05, 4.69) is 4.72 Å². The lowest BCUT2D eigenvalue weighted by Gasteiger charge is -2.09. The van der Waals surface area contributed by atoms with Crippen LogP contribution in [0.15, 0.2) is 39.9 Å². The maximum atomic E-state index is 12.2. The summed E-state index contributed by atoms with van der Waals surface area (Å²) in [6.07, 6.45) is 0.532. The number of nitrogens with one attached hydrogen (secondary N) is 1. The van der Waals surface area contributed by atoms with Gasteiger partial charge in [-0.05, 0) is 46.5 Å². The van der Waals surface area contributed by atoms with Gasteiger partial charge in [-0.2, -0.15) is 11.3 Å². The molecule has 2 rings (SSSR count). The number of carbonyl (C=O) groups is 1. The Bertz CT molecular complexity index is 736. The van der Waals surface area contributed by atoms with Crippen LogP contribution in [0.25, 0.3) is 0 Å². The van der Waals surface area contributed by atoms with Gasteiger partial charge in [0.2, 0.25) is 10.0 Å². The van der Waals surface area contributed by atoms with E-state index >= 15 is 0 Å². The predicted octanol–water partition coefficient (Wildman–Crippen LogP) is 2.49. The van der Waals surface area contributed by atoms with Crippen LogP contribution in [0.3, 0.4) is 0 Å². The monoisotopic (exact) mass is 325 g/mol. The molecule has 0 aliphatic rings. The summed E-state index contributed by atoms with van der Waals surface area (Å²) < 4.78 is 26.9. The molecule has 21 heavy (non-hydrogen) atoms. The van der Waals surface area contributed by atoms with Gasteiger partial charge in [0, 0.05) is 6.54 Å². The van der Waals surface area contributed by atoms with Crippen LogP contribution in [0.2, 0.25) is 0 Å². The Balaban J connectivity index is 2.27. The van der Waals surface area contributed by atoms with Crippen LogP contribution in [0.1, 0.15) is 28.4 Å². The van der Waals surface area contributed by atoms with Crippen LogP contribution < -0.4 is 4.72 Å². The summed E-state index contributed by atoms with van der Waals surface area (Å²) in [4.78, 5) is 11.2. The number of carboxylic acid groups (broad SMARTS) is 1. The van der Waals surface area contributed by atoms with Crippen molar-refractivity contribution >= 4 is 27.3 Å². The van der Waals surface area contributed by atoms with Crippen LogP contribution in [-0.4, -0.2) is 19.5 Å². The quantitative estimate of drug-likeness (QED) is 0.854. The molecular weight excluding hydrogens is 310 g/mol. The van der Waals surface area contributed by atoms with Crippen molar-refractivity contribution in [2.75, 3.05) is 0 Å². The largest absolute Gasteiger partial charge is 0.478 e. The number of carboxylic acids is 1. The maximum Gasteiger partial charge on any atom is 0.336 e. The predicted molar refractivity (Wildman–Crippen MR) is 81.1 cm³/mol. The van der Waals surface area contributed by atoms with Crippen molar-refractivity contribution in [2.24, 2.45) is 0 Å². The lowest BCUT2D eigenvalue weighted by molar-refractivity contribution is 0.0695. The fourth-order valence-corrected chi connectivity index (χ4v) is 3.60. The molecule has 0 aliphatic carbocycles. The van der Waals surface area contributed by atoms with E-state index in [0.29, 0.717) is 12.0 Å². The molecule has 0 spiro atoms. The van der Waals surface area contributed by atoms with Crippen molar-refractivity contribution in [1.29, 1.82) is 0 Å². The smallest absolute Gasteiger partial charge is 0.336 e. The van der Waals surface area contributed by atoms with Crippen molar-refractivity contribution in [3.05, 3.63) is 51.7 Å². The van der Waals surface area contributed by atoms with Gasteiger partial charge in [-0.15, -0.1) is 0 Å². The van der Waals surface area contributed by atoms with Gasteiger partial charge in [0.1, 0.15) is 0 Å². The standard InChI is InChI=1S/C14H15NO4S2/c1-2-11-3-4-12(7-13(11)14(16)17)21(18,19)15-8-10-5-6-20-9-10/h3-7,9,15H,2,8H2,1H3,(H,16,17). The zero-order valence-corrected chi connectivity index (χ0v) is 13.0. The fraction of sp³-hybridized carbons (Fsp3) is 0.214. The second-order valence-corrected chi connectivity index (χ2v) is 6.98. The molecule has 0 fully saturated rings. The second kappa shape index (κ2) is 6.38. The number of hydrogen-bond donors (Lipinski definition) is 2. The van der Waals surface area contributed by atoms with Crippen molar-refractivity contribution in [2.45, 2.75) is 24.8 Å². The summed E-state index contributed by atoms with van der Waals surface area (Å²) in [5.74, 6) is -1.12. The molecule has 2 N–H and O–H groups in total. The first kappa shape index (κ1) is 15.7. The van der Waals surface area contributed by atoms with E-state index in [1.165, 1.54) is 23.5 Å². The molecule has 0 bridgehead atoms. The van der Waals surface area contributed by atoms with E-state index in [1.807, 2.05) is 23.8 Å². The van der Waals surface area contributed by atoms with Gasteiger partial charge in [-0.25, -0.2) is 17.9 Å². The molecule has 2 aromatic rings. The van der Waals surface area contributed by atoms with Gasteiger partial charge in [0.05, 0.1) is 10.5 Å². The van der Waals surface area contributed by atoms with Gasteiger partial charge in [-0.3, -0.25) is 0 Å². The highest BCUT2D eigenvalue weighted by Gasteiger charge is 2.18. The molecule has 5 nitrogen and oxygen atoms in total. The summed E-state index contributed by atoms with van der Waals surface area (Å²) in [7, 11) is -3.73. The van der Waals surface area contributed by atoms with Gasteiger partial charge in [-0.1, -0.05) is 13.0 Å². The molecule has 0 unspecified atom stereocenters. The third-order valence-corrected chi connectivity index (χ3v) is 5.18. The summed E-state index contributed by atoms with van der Waals surface area (Å²) in [5.41, 5.74) is 1.50. The van der Waals surface area contributed by atoms with Crippen molar-refractivity contribution < 1.29 is 18.3 Å². The van der Waals surface area contributed by atoms with E-state index in [0.717, 1.165) is 5.56 Å². The highest BCUT2D eigenvalue weighted by molar-refractivity contribution is 7.89. The van der Waals surface area contributed by atoms with Crippen LogP contribution >= 0.6 is 11.3 Å². The zero-order chi connectivity index (χ0) is 15.5. The Morgan fingerprint density at radius 3 is 2.67 bits per heavy atom. The average Bonchev–Trinajstić information content (AvgIpc) is 2.97. The minimum absolute atomic E-state index is 0.0240. The maximum absolute atomic E-state index is 12.2. The Labute approximate surface area is 127 Å². The first-order valence-corrected chi connectivity index (χ1v) is 8.73. The third-order valence-electron chi connectivity index (χ3n) is 3.05. The first-order chi connectivity index (χ1) is 9.94.